The van der Waals surface area contributed by atoms with Gasteiger partial charge >= 0.3 is 5.97 Å². The summed E-state index contributed by atoms with van der Waals surface area (Å²) in [5, 5.41) is 0. The Bertz CT molecular complexity index is 916. The molecule has 154 valence electrons. The van der Waals surface area contributed by atoms with E-state index >= 15 is 0 Å². The molecule has 30 heavy (non-hydrogen) atoms. The molecular weight excluding hydrogens is 378 g/mol. The van der Waals surface area contributed by atoms with Gasteiger partial charge in [0, 0.05) is 13.1 Å². The maximum atomic E-state index is 12.9. The van der Waals surface area contributed by atoms with Crippen molar-refractivity contribution in [1.29, 1.82) is 0 Å². The summed E-state index contributed by atoms with van der Waals surface area (Å²) in [6, 6.07) is 26.3. The minimum Gasteiger partial charge on any atom is -0.493 e. The van der Waals surface area contributed by atoms with Crippen molar-refractivity contribution in [3.63, 3.8) is 0 Å². The number of esters is 1. The zero-order valence-electron chi connectivity index (χ0n) is 17.0. The molecule has 0 spiro atoms. The van der Waals surface area contributed by atoms with Crippen molar-refractivity contribution in [2.75, 3.05) is 13.2 Å². The van der Waals surface area contributed by atoms with Gasteiger partial charge in [0.15, 0.2) is 6.61 Å². The van der Waals surface area contributed by atoms with E-state index in [0.717, 1.165) is 11.1 Å². The van der Waals surface area contributed by atoms with E-state index in [-0.39, 0.29) is 12.5 Å². The lowest BCUT2D eigenvalue weighted by atomic mass is 10.1. The molecule has 0 aliphatic carbocycles. The third-order valence-electron chi connectivity index (χ3n) is 4.52. The van der Waals surface area contributed by atoms with Crippen LogP contribution in [0.4, 0.5) is 0 Å². The highest BCUT2D eigenvalue weighted by Crippen LogP contribution is 2.19. The number of carbonyl (C=O) groups excluding carboxylic acids is 2. The second kappa shape index (κ2) is 10.8. The van der Waals surface area contributed by atoms with E-state index in [1.165, 1.54) is 0 Å². The van der Waals surface area contributed by atoms with Crippen LogP contribution in [0, 0.1) is 0 Å². The Labute approximate surface area is 176 Å². The van der Waals surface area contributed by atoms with E-state index in [1.807, 2.05) is 67.6 Å². The summed E-state index contributed by atoms with van der Waals surface area (Å²) in [4.78, 5) is 27.1. The Hall–Kier alpha value is -3.60. The average Bonchev–Trinajstić information content (AvgIpc) is 2.79. The molecule has 0 radical (unpaired) electrons. The third kappa shape index (κ3) is 5.95. The first-order chi connectivity index (χ1) is 14.7. The van der Waals surface area contributed by atoms with E-state index in [9.17, 15) is 9.59 Å². The minimum atomic E-state index is -0.577. The molecule has 0 aliphatic rings. The fourth-order valence-electron chi connectivity index (χ4n) is 3.05. The zero-order chi connectivity index (χ0) is 21.2. The van der Waals surface area contributed by atoms with Crippen LogP contribution in [0.25, 0.3) is 0 Å². The number of rotatable bonds is 9. The van der Waals surface area contributed by atoms with Gasteiger partial charge in [0.25, 0.3) is 5.91 Å². The van der Waals surface area contributed by atoms with Crippen LogP contribution in [0.1, 0.15) is 28.4 Å². The predicted molar refractivity (Wildman–Crippen MR) is 115 cm³/mol. The van der Waals surface area contributed by atoms with Gasteiger partial charge in [-0.05, 0) is 30.2 Å². The topological polar surface area (TPSA) is 55.8 Å². The number of ether oxygens (including phenoxy) is 2. The average molecular weight is 403 g/mol. The van der Waals surface area contributed by atoms with Crippen molar-refractivity contribution >= 4 is 11.9 Å². The van der Waals surface area contributed by atoms with E-state index in [1.54, 1.807) is 29.2 Å². The number of benzene rings is 3. The van der Waals surface area contributed by atoms with Crippen molar-refractivity contribution in [2.45, 2.75) is 20.0 Å². The summed E-state index contributed by atoms with van der Waals surface area (Å²) in [6.45, 7) is 2.81. The Morgan fingerprint density at radius 3 is 1.87 bits per heavy atom. The monoisotopic (exact) mass is 403 g/mol. The quantitative estimate of drug-likeness (QED) is 0.495. The van der Waals surface area contributed by atoms with E-state index in [2.05, 4.69) is 0 Å². The molecule has 0 saturated heterocycles. The van der Waals surface area contributed by atoms with E-state index in [0.29, 0.717) is 31.0 Å². The summed E-state index contributed by atoms with van der Waals surface area (Å²) in [7, 11) is 0. The van der Waals surface area contributed by atoms with Gasteiger partial charge in [0.05, 0.1) is 6.61 Å². The fourth-order valence-corrected chi connectivity index (χ4v) is 3.05. The molecule has 0 atom stereocenters. The second-order valence-electron chi connectivity index (χ2n) is 6.73. The molecule has 0 saturated carbocycles. The summed E-state index contributed by atoms with van der Waals surface area (Å²) < 4.78 is 10.8. The van der Waals surface area contributed by atoms with Gasteiger partial charge < -0.3 is 14.4 Å². The number of hydrogen-bond acceptors (Lipinski definition) is 4. The van der Waals surface area contributed by atoms with Crippen LogP contribution in [-0.4, -0.2) is 30.0 Å². The lowest BCUT2D eigenvalue weighted by molar-refractivity contribution is -0.135. The molecule has 3 aromatic carbocycles. The number of para-hydroxylation sites is 1. The molecule has 0 heterocycles. The van der Waals surface area contributed by atoms with Crippen LogP contribution in [0.3, 0.4) is 0 Å². The smallest absolute Gasteiger partial charge is 0.342 e. The summed E-state index contributed by atoms with van der Waals surface area (Å²) in [5.41, 5.74) is 2.33. The first-order valence-electron chi connectivity index (χ1n) is 9.92. The lowest BCUT2D eigenvalue weighted by Gasteiger charge is -2.23. The van der Waals surface area contributed by atoms with Crippen molar-refractivity contribution in [2.24, 2.45) is 0 Å². The number of hydrogen-bond donors (Lipinski definition) is 0. The van der Waals surface area contributed by atoms with E-state index < -0.39 is 5.97 Å². The summed E-state index contributed by atoms with van der Waals surface area (Å²) in [5.74, 6) is -0.389. The van der Waals surface area contributed by atoms with Gasteiger partial charge in [0.2, 0.25) is 0 Å². The third-order valence-corrected chi connectivity index (χ3v) is 4.52. The molecule has 0 aromatic heterocycles. The molecule has 3 rings (SSSR count). The van der Waals surface area contributed by atoms with Crippen molar-refractivity contribution in [3.8, 4) is 5.75 Å². The normalized spacial score (nSPS) is 10.3. The standard InChI is InChI=1S/C25H25NO4/c1-2-29-23-16-10-9-15-22(23)25(28)30-19-24(27)26(17-20-11-5-3-6-12-20)18-21-13-7-4-8-14-21/h3-16H,2,17-19H2,1H3. The van der Waals surface area contributed by atoms with Crippen molar-refractivity contribution in [3.05, 3.63) is 102 Å². The molecule has 0 bridgehead atoms. The van der Waals surface area contributed by atoms with Gasteiger partial charge in [-0.25, -0.2) is 4.79 Å². The molecule has 1 amide bonds. The lowest BCUT2D eigenvalue weighted by Crippen LogP contribution is -2.34. The van der Waals surface area contributed by atoms with Crippen LogP contribution in [0.2, 0.25) is 0 Å². The van der Waals surface area contributed by atoms with Crippen LogP contribution in [0.15, 0.2) is 84.9 Å². The maximum absolute atomic E-state index is 12.9. The SMILES string of the molecule is CCOc1ccccc1C(=O)OCC(=O)N(Cc1ccccc1)Cc1ccccc1. The predicted octanol–water partition coefficient (Wildman–Crippen LogP) is 4.47. The second-order valence-corrected chi connectivity index (χ2v) is 6.73. The minimum absolute atomic E-state index is 0.259. The van der Waals surface area contributed by atoms with Gasteiger partial charge in [-0.15, -0.1) is 0 Å². The van der Waals surface area contributed by atoms with Crippen LogP contribution >= 0.6 is 0 Å². The summed E-state index contributed by atoms with van der Waals surface area (Å²) in [6.07, 6.45) is 0. The van der Waals surface area contributed by atoms with Gasteiger partial charge in [-0.3, -0.25) is 4.79 Å². The van der Waals surface area contributed by atoms with Crippen LogP contribution in [0.5, 0.6) is 5.75 Å². The fraction of sp³-hybridized carbons (Fsp3) is 0.200. The highest BCUT2D eigenvalue weighted by atomic mass is 16.5. The van der Waals surface area contributed by atoms with Gasteiger partial charge in [-0.1, -0.05) is 72.8 Å². The zero-order valence-corrected chi connectivity index (χ0v) is 17.0. The van der Waals surface area contributed by atoms with Crippen LogP contribution in [-0.2, 0) is 22.6 Å². The highest BCUT2D eigenvalue weighted by Gasteiger charge is 2.19. The molecule has 0 N–H and O–H groups in total. The Morgan fingerprint density at radius 2 is 1.30 bits per heavy atom. The van der Waals surface area contributed by atoms with E-state index in [4.69, 9.17) is 9.47 Å². The molecular formula is C25H25NO4. The molecule has 0 unspecified atom stereocenters. The molecule has 5 nitrogen and oxygen atoms in total. The molecule has 3 aromatic rings. The molecule has 0 aliphatic heterocycles. The Morgan fingerprint density at radius 1 is 0.767 bits per heavy atom. The first-order valence-corrected chi connectivity index (χ1v) is 9.92. The van der Waals surface area contributed by atoms with Crippen molar-refractivity contribution in [1.82, 2.24) is 4.90 Å². The van der Waals surface area contributed by atoms with Crippen LogP contribution < -0.4 is 4.74 Å². The Kier molecular flexibility index (Phi) is 7.61. The highest BCUT2D eigenvalue weighted by molar-refractivity contribution is 5.94. The summed E-state index contributed by atoms with van der Waals surface area (Å²) >= 11 is 0. The number of nitrogens with zero attached hydrogens (tertiary/aromatic N) is 1. The number of amides is 1. The molecule has 5 heteroatoms. The molecule has 0 fully saturated rings. The maximum Gasteiger partial charge on any atom is 0.342 e. The van der Waals surface area contributed by atoms with Gasteiger partial charge in [-0.2, -0.15) is 0 Å². The first kappa shape index (κ1) is 21.1. The largest absolute Gasteiger partial charge is 0.493 e. The number of carbonyl (C=O) groups is 2. The van der Waals surface area contributed by atoms with Gasteiger partial charge in [0.1, 0.15) is 11.3 Å². The van der Waals surface area contributed by atoms with Crippen molar-refractivity contribution < 1.29 is 19.1 Å². The Balaban J connectivity index is 1.69.